The molecule has 0 aliphatic carbocycles. The second kappa shape index (κ2) is 13.2. The van der Waals surface area contributed by atoms with Crippen LogP contribution in [0.2, 0.25) is 0 Å². The van der Waals surface area contributed by atoms with Crippen molar-refractivity contribution in [2.24, 2.45) is 0 Å². The number of hydrogen-bond acceptors (Lipinski definition) is 3. The lowest BCUT2D eigenvalue weighted by Crippen LogP contribution is -2.26. The number of hydrogen-bond donors (Lipinski definition) is 0. The van der Waals surface area contributed by atoms with Crippen LogP contribution in [0, 0.1) is 6.92 Å². The first-order chi connectivity index (χ1) is 12.5. The van der Waals surface area contributed by atoms with Crippen LogP contribution in [-0.4, -0.2) is 13.7 Å². The maximum Gasteiger partial charge on any atom is 0.312 e. The Labute approximate surface area is 161 Å². The Hall–Kier alpha value is -1.03. The van der Waals surface area contributed by atoms with Gasteiger partial charge in [-0.15, -0.1) is 0 Å². The van der Waals surface area contributed by atoms with Gasteiger partial charge in [0.25, 0.3) is 0 Å². The molecule has 0 bridgehead atoms. The van der Waals surface area contributed by atoms with E-state index in [0.29, 0.717) is 18.6 Å². The average Bonchev–Trinajstić information content (AvgIpc) is 2.59. The molecule has 0 heterocycles. The monoisotopic (exact) mass is 382 g/mol. The van der Waals surface area contributed by atoms with Crippen molar-refractivity contribution >= 4 is 10.1 Å². The van der Waals surface area contributed by atoms with E-state index in [9.17, 15) is 8.42 Å². The summed E-state index contributed by atoms with van der Waals surface area (Å²) in [5, 5.41) is -0.383. The molecule has 0 radical (unpaired) electrons. The molecule has 1 aromatic rings. The molecule has 0 fully saturated rings. The summed E-state index contributed by atoms with van der Waals surface area (Å²) in [6.07, 6.45) is 12.9. The van der Waals surface area contributed by atoms with Crippen molar-refractivity contribution in [1.29, 1.82) is 0 Å². The van der Waals surface area contributed by atoms with Crippen molar-refractivity contribution in [3.05, 3.63) is 29.8 Å². The van der Waals surface area contributed by atoms with Gasteiger partial charge in [0.15, 0.2) is 0 Å². The Balaban J connectivity index is 2.61. The minimum atomic E-state index is -3.58. The smallest absolute Gasteiger partial charge is 0.312 e. The van der Waals surface area contributed by atoms with Crippen LogP contribution >= 0.6 is 0 Å². The summed E-state index contributed by atoms with van der Waals surface area (Å²) in [5.41, 5.74) is 1.01. The van der Waals surface area contributed by atoms with E-state index in [4.69, 9.17) is 4.18 Å². The van der Waals surface area contributed by atoms with Crippen LogP contribution in [-0.2, 0) is 10.1 Å². The molecule has 1 unspecified atom stereocenters. The summed E-state index contributed by atoms with van der Waals surface area (Å²) in [6, 6.07) is 7.29. The number of benzene rings is 1. The van der Waals surface area contributed by atoms with Crippen molar-refractivity contribution in [2.45, 2.75) is 103 Å². The topological polar surface area (TPSA) is 43.4 Å². The van der Waals surface area contributed by atoms with Gasteiger partial charge in [-0.1, -0.05) is 90.2 Å². The van der Waals surface area contributed by atoms with Crippen molar-refractivity contribution in [3.8, 4) is 5.75 Å². The molecule has 0 spiro atoms. The van der Waals surface area contributed by atoms with E-state index >= 15 is 0 Å². The van der Waals surface area contributed by atoms with Gasteiger partial charge >= 0.3 is 10.1 Å². The van der Waals surface area contributed by atoms with Gasteiger partial charge in [-0.2, -0.15) is 8.42 Å². The lowest BCUT2D eigenvalue weighted by atomic mass is 10.0. The number of rotatable bonds is 15. The molecule has 3 nitrogen and oxygen atoms in total. The van der Waals surface area contributed by atoms with Crippen molar-refractivity contribution < 1.29 is 12.6 Å². The second-order valence-electron chi connectivity index (χ2n) is 7.42. The first-order valence-corrected chi connectivity index (χ1v) is 12.0. The van der Waals surface area contributed by atoms with E-state index in [0.717, 1.165) is 37.7 Å². The van der Waals surface area contributed by atoms with Gasteiger partial charge in [0.1, 0.15) is 5.75 Å². The summed E-state index contributed by atoms with van der Waals surface area (Å²) in [5.74, 6) is 0.437. The summed E-state index contributed by atoms with van der Waals surface area (Å²) in [4.78, 5) is 0. The second-order valence-corrected chi connectivity index (χ2v) is 9.24. The summed E-state index contributed by atoms with van der Waals surface area (Å²) in [7, 11) is -3.58. The molecule has 0 saturated heterocycles. The van der Waals surface area contributed by atoms with Gasteiger partial charge in [-0.05, 0) is 37.5 Å². The molecule has 4 heteroatoms. The normalized spacial score (nSPS) is 12.9. The Kier molecular flexibility index (Phi) is 11.7. The highest BCUT2D eigenvalue weighted by molar-refractivity contribution is 7.87. The highest BCUT2D eigenvalue weighted by atomic mass is 32.2. The van der Waals surface area contributed by atoms with Crippen molar-refractivity contribution in [1.82, 2.24) is 0 Å². The third kappa shape index (κ3) is 9.61. The van der Waals surface area contributed by atoms with Crippen LogP contribution in [0.4, 0.5) is 0 Å². The van der Waals surface area contributed by atoms with Crippen molar-refractivity contribution in [2.75, 3.05) is 0 Å². The van der Waals surface area contributed by atoms with E-state index in [-0.39, 0.29) is 5.25 Å². The SMILES string of the molecule is CCCCCCCCC(CCCCCC)S(=O)(=O)Oc1cccc(C)c1. The third-order valence-corrected chi connectivity index (χ3v) is 6.58. The highest BCUT2D eigenvalue weighted by Crippen LogP contribution is 2.23. The maximum absolute atomic E-state index is 12.8. The Bertz CT molecular complexity index is 581. The Morgan fingerprint density at radius 1 is 0.846 bits per heavy atom. The quantitative estimate of drug-likeness (QED) is 0.248. The predicted octanol–water partition coefficient (Wildman–Crippen LogP) is 6.79. The van der Waals surface area contributed by atoms with E-state index in [2.05, 4.69) is 13.8 Å². The molecule has 0 aromatic heterocycles. The fourth-order valence-corrected chi connectivity index (χ4v) is 4.67. The van der Waals surface area contributed by atoms with Gasteiger partial charge in [0.2, 0.25) is 0 Å². The maximum atomic E-state index is 12.8. The molecule has 0 N–H and O–H groups in total. The van der Waals surface area contributed by atoms with E-state index < -0.39 is 10.1 Å². The molecular weight excluding hydrogens is 344 g/mol. The molecule has 150 valence electrons. The third-order valence-electron chi connectivity index (χ3n) is 4.87. The molecular formula is C22H38O3S. The standard InChI is InChI=1S/C22H38O3S/c1-4-6-8-10-11-13-18-22(17-12-9-7-5-2)26(23,24)25-21-16-14-15-20(3)19-21/h14-16,19,22H,4-13,17-18H2,1-3H3. The zero-order valence-corrected chi connectivity index (χ0v) is 17.8. The minimum absolute atomic E-state index is 0.383. The van der Waals surface area contributed by atoms with E-state index in [1.165, 1.54) is 32.1 Å². The fourth-order valence-electron chi connectivity index (χ4n) is 3.25. The first kappa shape index (κ1) is 23.0. The molecule has 1 aromatic carbocycles. The number of unbranched alkanes of at least 4 members (excludes halogenated alkanes) is 8. The highest BCUT2D eigenvalue weighted by Gasteiger charge is 2.26. The number of aryl methyl sites for hydroxylation is 1. The Morgan fingerprint density at radius 3 is 1.96 bits per heavy atom. The molecule has 1 atom stereocenters. The van der Waals surface area contributed by atoms with E-state index in [1.807, 2.05) is 19.1 Å². The van der Waals surface area contributed by atoms with Crippen LogP contribution in [0.15, 0.2) is 24.3 Å². The minimum Gasteiger partial charge on any atom is -0.382 e. The largest absolute Gasteiger partial charge is 0.382 e. The molecule has 1 rings (SSSR count). The van der Waals surface area contributed by atoms with Crippen LogP contribution in [0.5, 0.6) is 5.75 Å². The molecule has 26 heavy (non-hydrogen) atoms. The lowest BCUT2D eigenvalue weighted by molar-refractivity contribution is 0.447. The first-order valence-electron chi connectivity index (χ1n) is 10.5. The van der Waals surface area contributed by atoms with Gasteiger partial charge in [-0.3, -0.25) is 0 Å². The van der Waals surface area contributed by atoms with Gasteiger partial charge in [0.05, 0.1) is 5.25 Å². The fraction of sp³-hybridized carbons (Fsp3) is 0.727. The molecule has 0 amide bonds. The van der Waals surface area contributed by atoms with Crippen LogP contribution in [0.1, 0.15) is 96.5 Å². The summed E-state index contributed by atoms with van der Waals surface area (Å²) < 4.78 is 31.1. The zero-order valence-electron chi connectivity index (χ0n) is 17.0. The average molecular weight is 383 g/mol. The predicted molar refractivity (Wildman–Crippen MR) is 111 cm³/mol. The summed E-state index contributed by atoms with van der Waals surface area (Å²) in [6.45, 7) is 6.32. The lowest BCUT2D eigenvalue weighted by Gasteiger charge is -2.18. The molecule has 0 aliphatic heterocycles. The Morgan fingerprint density at radius 2 is 1.38 bits per heavy atom. The van der Waals surface area contributed by atoms with Crippen LogP contribution in [0.25, 0.3) is 0 Å². The van der Waals surface area contributed by atoms with Crippen LogP contribution in [0.3, 0.4) is 0 Å². The molecule has 0 saturated carbocycles. The van der Waals surface area contributed by atoms with Gasteiger partial charge in [-0.25, -0.2) is 0 Å². The zero-order chi connectivity index (χ0) is 19.3. The van der Waals surface area contributed by atoms with Gasteiger partial charge in [0, 0.05) is 0 Å². The van der Waals surface area contributed by atoms with Crippen molar-refractivity contribution in [3.63, 3.8) is 0 Å². The summed E-state index contributed by atoms with van der Waals surface area (Å²) >= 11 is 0. The molecule has 0 aliphatic rings. The van der Waals surface area contributed by atoms with Gasteiger partial charge < -0.3 is 4.18 Å². The van der Waals surface area contributed by atoms with E-state index in [1.54, 1.807) is 12.1 Å². The van der Waals surface area contributed by atoms with Crippen LogP contribution < -0.4 is 4.18 Å².